The van der Waals surface area contributed by atoms with Crippen LogP contribution in [0.15, 0.2) is 48.7 Å². The van der Waals surface area contributed by atoms with Crippen LogP contribution in [0.25, 0.3) is 22.7 Å². The minimum Gasteiger partial charge on any atom is -0.478 e. The third-order valence-corrected chi connectivity index (χ3v) is 3.93. The molecule has 0 aliphatic carbocycles. The fourth-order valence-corrected chi connectivity index (χ4v) is 2.69. The zero-order valence-electron chi connectivity index (χ0n) is 14.3. The molecule has 3 aromatic rings. The van der Waals surface area contributed by atoms with Gasteiger partial charge >= 0.3 is 5.97 Å². The number of pyridine rings is 1. The number of nitrogens with zero attached hydrogens (tertiary/aromatic N) is 1. The summed E-state index contributed by atoms with van der Waals surface area (Å²) in [4.78, 5) is 30.8. The van der Waals surface area contributed by atoms with Crippen molar-refractivity contribution in [2.24, 2.45) is 0 Å². The van der Waals surface area contributed by atoms with E-state index in [-0.39, 0.29) is 11.5 Å². The summed E-state index contributed by atoms with van der Waals surface area (Å²) in [7, 11) is 0. The summed E-state index contributed by atoms with van der Waals surface area (Å²) in [5.74, 6) is -0.611. The molecule has 0 spiro atoms. The molecule has 0 radical (unpaired) electrons. The number of anilines is 1. The van der Waals surface area contributed by atoms with Crippen LogP contribution >= 0.6 is 0 Å². The first-order chi connectivity index (χ1) is 12.6. The van der Waals surface area contributed by atoms with E-state index in [1.807, 2.05) is 19.1 Å². The Morgan fingerprint density at radius 2 is 1.96 bits per heavy atom. The molecule has 0 aliphatic heterocycles. The lowest BCUT2D eigenvalue weighted by Gasteiger charge is -2.04. The van der Waals surface area contributed by atoms with E-state index in [1.54, 1.807) is 42.6 Å². The maximum atomic E-state index is 11.7. The normalized spacial score (nSPS) is 11.5. The number of rotatable bonds is 6. The maximum Gasteiger partial charge on any atom is 0.336 e. The van der Waals surface area contributed by atoms with Crippen LogP contribution in [0, 0.1) is 0 Å². The average molecular weight is 349 g/mol. The van der Waals surface area contributed by atoms with Crippen molar-refractivity contribution in [3.63, 3.8) is 0 Å². The highest BCUT2D eigenvalue weighted by Crippen LogP contribution is 2.24. The van der Waals surface area contributed by atoms with Gasteiger partial charge in [0.05, 0.1) is 5.57 Å². The summed E-state index contributed by atoms with van der Waals surface area (Å²) >= 11 is 0. The standard InChI is InChI=1S/C20H19N3O3/c1-2-6-18(24)22-17-10-9-15-14(12-21-19(15)23-17)11-16(20(25)26)13-7-4-3-5-8-13/h3-5,7-12H,2,6H2,1H3,(H,25,26)(H2,21,22,23,24). The lowest BCUT2D eigenvalue weighted by molar-refractivity contribution is -0.130. The molecule has 0 saturated heterocycles. The van der Waals surface area contributed by atoms with Gasteiger partial charge in [0, 0.05) is 23.6 Å². The Bertz CT molecular complexity index is 974. The molecule has 0 saturated carbocycles. The summed E-state index contributed by atoms with van der Waals surface area (Å²) in [5, 5.41) is 13.1. The number of hydrogen-bond donors (Lipinski definition) is 3. The van der Waals surface area contributed by atoms with Gasteiger partial charge < -0.3 is 15.4 Å². The number of aromatic nitrogens is 2. The second kappa shape index (κ2) is 7.65. The van der Waals surface area contributed by atoms with Gasteiger partial charge in [0.2, 0.25) is 5.91 Å². The van der Waals surface area contributed by atoms with Crippen LogP contribution in [0.5, 0.6) is 0 Å². The highest BCUT2D eigenvalue weighted by molar-refractivity contribution is 6.21. The van der Waals surface area contributed by atoms with Crippen LogP contribution in [0.3, 0.4) is 0 Å². The number of carbonyl (C=O) groups is 2. The van der Waals surface area contributed by atoms with Crippen molar-refractivity contribution in [3.05, 3.63) is 59.8 Å². The zero-order chi connectivity index (χ0) is 18.5. The highest BCUT2D eigenvalue weighted by atomic mass is 16.4. The van der Waals surface area contributed by atoms with Gasteiger partial charge in [0.25, 0.3) is 0 Å². The van der Waals surface area contributed by atoms with Crippen LogP contribution in [0.2, 0.25) is 0 Å². The van der Waals surface area contributed by atoms with Crippen LogP contribution in [0.1, 0.15) is 30.9 Å². The highest BCUT2D eigenvalue weighted by Gasteiger charge is 2.12. The molecule has 1 aromatic carbocycles. The van der Waals surface area contributed by atoms with E-state index in [0.29, 0.717) is 23.4 Å². The molecular weight excluding hydrogens is 330 g/mol. The molecule has 0 bridgehead atoms. The van der Waals surface area contributed by atoms with Crippen LogP contribution in [-0.2, 0) is 9.59 Å². The van der Waals surface area contributed by atoms with Gasteiger partial charge in [-0.05, 0) is 30.2 Å². The van der Waals surface area contributed by atoms with E-state index in [9.17, 15) is 14.7 Å². The first-order valence-electron chi connectivity index (χ1n) is 8.37. The molecule has 2 heterocycles. The van der Waals surface area contributed by atoms with Crippen LogP contribution < -0.4 is 5.32 Å². The Morgan fingerprint density at radius 1 is 1.19 bits per heavy atom. The smallest absolute Gasteiger partial charge is 0.336 e. The van der Waals surface area contributed by atoms with Crippen molar-refractivity contribution < 1.29 is 14.7 Å². The lowest BCUT2D eigenvalue weighted by Crippen LogP contribution is -2.11. The van der Waals surface area contributed by atoms with Crippen molar-refractivity contribution in [1.29, 1.82) is 0 Å². The van der Waals surface area contributed by atoms with Crippen LogP contribution in [0.4, 0.5) is 5.82 Å². The first-order valence-corrected chi connectivity index (χ1v) is 8.37. The largest absolute Gasteiger partial charge is 0.478 e. The molecule has 3 N–H and O–H groups in total. The maximum absolute atomic E-state index is 11.7. The summed E-state index contributed by atoms with van der Waals surface area (Å²) in [6, 6.07) is 12.5. The molecule has 6 heteroatoms. The number of benzene rings is 1. The second-order valence-corrected chi connectivity index (χ2v) is 5.86. The van der Waals surface area contributed by atoms with Gasteiger partial charge in [-0.25, -0.2) is 9.78 Å². The summed E-state index contributed by atoms with van der Waals surface area (Å²) in [6.07, 6.45) is 4.54. The predicted octanol–water partition coefficient (Wildman–Crippen LogP) is 3.93. The fourth-order valence-electron chi connectivity index (χ4n) is 2.69. The Hall–Kier alpha value is -3.41. The number of carbonyl (C=O) groups excluding carboxylic acids is 1. The molecule has 0 unspecified atom stereocenters. The monoisotopic (exact) mass is 349 g/mol. The predicted molar refractivity (Wildman–Crippen MR) is 102 cm³/mol. The third kappa shape index (κ3) is 3.80. The number of hydrogen-bond acceptors (Lipinski definition) is 3. The van der Waals surface area contributed by atoms with E-state index in [2.05, 4.69) is 15.3 Å². The molecule has 2 aromatic heterocycles. The number of aliphatic carboxylic acids is 1. The number of nitrogens with one attached hydrogen (secondary N) is 2. The average Bonchev–Trinajstić information content (AvgIpc) is 3.02. The van der Waals surface area contributed by atoms with Crippen molar-refractivity contribution in [2.75, 3.05) is 5.32 Å². The number of H-pyrrole nitrogens is 1. The molecule has 26 heavy (non-hydrogen) atoms. The fraction of sp³-hybridized carbons (Fsp3) is 0.150. The Balaban J connectivity index is 1.95. The van der Waals surface area contributed by atoms with Crippen LogP contribution in [-0.4, -0.2) is 27.0 Å². The Kier molecular flexibility index (Phi) is 5.12. The van der Waals surface area contributed by atoms with Gasteiger partial charge in [0.1, 0.15) is 11.5 Å². The topological polar surface area (TPSA) is 95.1 Å². The van der Waals surface area contributed by atoms with Crippen molar-refractivity contribution in [3.8, 4) is 0 Å². The van der Waals surface area contributed by atoms with Gasteiger partial charge in [-0.1, -0.05) is 37.3 Å². The molecular formula is C20H19N3O3. The lowest BCUT2D eigenvalue weighted by atomic mass is 10.0. The van der Waals surface area contributed by atoms with Crippen molar-refractivity contribution in [1.82, 2.24) is 9.97 Å². The first kappa shape index (κ1) is 17.4. The van der Waals surface area contributed by atoms with E-state index >= 15 is 0 Å². The van der Waals surface area contributed by atoms with Crippen molar-refractivity contribution in [2.45, 2.75) is 19.8 Å². The summed E-state index contributed by atoms with van der Waals surface area (Å²) in [6.45, 7) is 1.94. The number of amides is 1. The quantitative estimate of drug-likeness (QED) is 0.588. The minimum absolute atomic E-state index is 0.0803. The van der Waals surface area contributed by atoms with E-state index in [0.717, 1.165) is 17.4 Å². The summed E-state index contributed by atoms with van der Waals surface area (Å²) < 4.78 is 0. The van der Waals surface area contributed by atoms with E-state index < -0.39 is 5.97 Å². The minimum atomic E-state index is -0.998. The van der Waals surface area contributed by atoms with Gasteiger partial charge in [0.15, 0.2) is 0 Å². The zero-order valence-corrected chi connectivity index (χ0v) is 14.3. The SMILES string of the molecule is CCCC(=O)Nc1ccc2c(C=C(C(=O)O)c3ccccc3)c[nH]c2n1. The van der Waals surface area contributed by atoms with E-state index in [1.165, 1.54) is 0 Å². The number of carboxylic acids is 1. The second-order valence-electron chi connectivity index (χ2n) is 5.86. The number of aromatic amines is 1. The molecule has 132 valence electrons. The molecule has 0 atom stereocenters. The third-order valence-electron chi connectivity index (χ3n) is 3.93. The molecule has 0 fully saturated rings. The number of carboxylic acid groups (broad SMARTS) is 1. The molecule has 3 rings (SSSR count). The number of fused-ring (bicyclic) bond motifs is 1. The van der Waals surface area contributed by atoms with Crippen molar-refractivity contribution >= 4 is 40.4 Å². The Morgan fingerprint density at radius 3 is 2.65 bits per heavy atom. The van der Waals surface area contributed by atoms with Gasteiger partial charge in [-0.2, -0.15) is 0 Å². The Labute approximate surface area is 150 Å². The van der Waals surface area contributed by atoms with Gasteiger partial charge in [-0.15, -0.1) is 0 Å². The molecule has 0 aliphatic rings. The molecule has 6 nitrogen and oxygen atoms in total. The summed E-state index contributed by atoms with van der Waals surface area (Å²) in [5.41, 5.74) is 2.14. The molecule has 1 amide bonds. The van der Waals surface area contributed by atoms with Gasteiger partial charge in [-0.3, -0.25) is 4.79 Å². The van der Waals surface area contributed by atoms with E-state index in [4.69, 9.17) is 0 Å².